The van der Waals surface area contributed by atoms with Crippen molar-refractivity contribution in [2.45, 2.75) is 0 Å². The van der Waals surface area contributed by atoms with Gasteiger partial charge in [-0.25, -0.2) is 0 Å². The molecule has 0 aromatic heterocycles. The zero-order chi connectivity index (χ0) is 11.4. The van der Waals surface area contributed by atoms with Crippen LogP contribution in [0, 0.1) is 0 Å². The van der Waals surface area contributed by atoms with Gasteiger partial charge in [-0.1, -0.05) is 54.1 Å². The molecule has 2 heteroatoms. The van der Waals surface area contributed by atoms with E-state index in [2.05, 4.69) is 0 Å². The van der Waals surface area contributed by atoms with Crippen LogP contribution in [0.15, 0.2) is 66.0 Å². The topological polar surface area (TPSA) is 20.2 Å². The van der Waals surface area contributed by atoms with Crippen LogP contribution < -0.4 is 0 Å². The molecule has 2 rings (SSSR count). The fraction of sp³-hybridized carbons (Fsp3) is 0. The Morgan fingerprint density at radius 1 is 1.06 bits per heavy atom. The SMILES string of the molecule is OC(/C=C/c1ccc(Cl)cc1)=C1C=CC=C1. The lowest BCUT2D eigenvalue weighted by Gasteiger charge is -1.96. The van der Waals surface area contributed by atoms with Crippen molar-refractivity contribution in [2.75, 3.05) is 0 Å². The maximum Gasteiger partial charge on any atom is 0.122 e. The van der Waals surface area contributed by atoms with E-state index < -0.39 is 0 Å². The summed E-state index contributed by atoms with van der Waals surface area (Å²) in [5.41, 5.74) is 1.83. The van der Waals surface area contributed by atoms with Gasteiger partial charge >= 0.3 is 0 Å². The number of allylic oxidation sites excluding steroid dienone is 6. The molecule has 0 bridgehead atoms. The quantitative estimate of drug-likeness (QED) is 0.752. The Morgan fingerprint density at radius 2 is 1.69 bits per heavy atom. The lowest BCUT2D eigenvalue weighted by Crippen LogP contribution is -1.80. The van der Waals surface area contributed by atoms with E-state index >= 15 is 0 Å². The molecule has 0 saturated heterocycles. The molecule has 1 aromatic carbocycles. The molecule has 0 radical (unpaired) electrons. The molecule has 0 atom stereocenters. The Balaban J connectivity index is 2.15. The molecule has 1 N–H and O–H groups in total. The summed E-state index contributed by atoms with van der Waals surface area (Å²) in [5.74, 6) is 0.264. The molecule has 16 heavy (non-hydrogen) atoms. The number of hydrogen-bond donors (Lipinski definition) is 1. The molecule has 0 heterocycles. The Morgan fingerprint density at radius 3 is 2.31 bits per heavy atom. The zero-order valence-electron chi connectivity index (χ0n) is 8.60. The van der Waals surface area contributed by atoms with Crippen molar-refractivity contribution in [1.29, 1.82) is 0 Å². The van der Waals surface area contributed by atoms with Crippen molar-refractivity contribution in [3.63, 3.8) is 0 Å². The number of aliphatic hydroxyl groups excluding tert-OH is 1. The molecule has 0 saturated carbocycles. The van der Waals surface area contributed by atoms with Crippen molar-refractivity contribution in [3.8, 4) is 0 Å². The second-order valence-electron chi connectivity index (χ2n) is 3.44. The molecule has 0 amide bonds. The van der Waals surface area contributed by atoms with E-state index in [1.165, 1.54) is 0 Å². The Labute approximate surface area is 99.7 Å². The maximum absolute atomic E-state index is 9.73. The molecule has 80 valence electrons. The first-order valence-corrected chi connectivity index (χ1v) is 5.35. The first-order valence-electron chi connectivity index (χ1n) is 4.97. The minimum Gasteiger partial charge on any atom is -0.507 e. The highest BCUT2D eigenvalue weighted by Crippen LogP contribution is 2.15. The van der Waals surface area contributed by atoms with Crippen molar-refractivity contribution in [3.05, 3.63) is 76.6 Å². The Bertz CT molecular complexity index is 476. The summed E-state index contributed by atoms with van der Waals surface area (Å²) in [5, 5.41) is 10.4. The molecule has 1 aliphatic rings. The second-order valence-corrected chi connectivity index (χ2v) is 3.88. The molecule has 1 aliphatic carbocycles. The van der Waals surface area contributed by atoms with E-state index in [4.69, 9.17) is 11.6 Å². The van der Waals surface area contributed by atoms with Crippen LogP contribution >= 0.6 is 11.6 Å². The summed E-state index contributed by atoms with van der Waals surface area (Å²) in [4.78, 5) is 0. The highest BCUT2D eigenvalue weighted by Gasteiger charge is 1.97. The highest BCUT2D eigenvalue weighted by atomic mass is 35.5. The zero-order valence-corrected chi connectivity index (χ0v) is 9.35. The van der Waals surface area contributed by atoms with E-state index in [-0.39, 0.29) is 5.76 Å². The van der Waals surface area contributed by atoms with Crippen molar-refractivity contribution in [1.82, 2.24) is 0 Å². The van der Waals surface area contributed by atoms with Crippen molar-refractivity contribution >= 4 is 17.7 Å². The summed E-state index contributed by atoms with van der Waals surface area (Å²) >= 11 is 5.78. The number of halogens is 1. The molecular weight excluding hydrogens is 220 g/mol. The van der Waals surface area contributed by atoms with Gasteiger partial charge < -0.3 is 5.11 Å². The van der Waals surface area contributed by atoms with Gasteiger partial charge in [-0.3, -0.25) is 0 Å². The van der Waals surface area contributed by atoms with Gasteiger partial charge in [-0.2, -0.15) is 0 Å². The van der Waals surface area contributed by atoms with Gasteiger partial charge in [0, 0.05) is 10.6 Å². The molecule has 0 aliphatic heterocycles. The predicted octanol–water partition coefficient (Wildman–Crippen LogP) is 4.29. The van der Waals surface area contributed by atoms with Crippen LogP contribution in [-0.4, -0.2) is 5.11 Å². The minimum atomic E-state index is 0.264. The van der Waals surface area contributed by atoms with Gasteiger partial charge in [0.05, 0.1) is 0 Å². The minimum absolute atomic E-state index is 0.264. The first kappa shape index (κ1) is 10.8. The van der Waals surface area contributed by atoms with Gasteiger partial charge in [-0.05, 0) is 23.8 Å². The van der Waals surface area contributed by atoms with Crippen LogP contribution in [0.2, 0.25) is 5.02 Å². The fourth-order valence-corrected chi connectivity index (χ4v) is 1.52. The van der Waals surface area contributed by atoms with Crippen molar-refractivity contribution < 1.29 is 5.11 Å². The van der Waals surface area contributed by atoms with E-state index in [1.54, 1.807) is 6.08 Å². The van der Waals surface area contributed by atoms with Crippen LogP contribution in [0.25, 0.3) is 6.08 Å². The maximum atomic E-state index is 9.73. The normalized spacial score (nSPS) is 13.9. The summed E-state index contributed by atoms with van der Waals surface area (Å²) in [7, 11) is 0. The number of hydrogen-bond acceptors (Lipinski definition) is 1. The predicted molar refractivity (Wildman–Crippen MR) is 68.4 cm³/mol. The summed E-state index contributed by atoms with van der Waals surface area (Å²) in [6, 6.07) is 7.44. The van der Waals surface area contributed by atoms with Crippen LogP contribution in [0.3, 0.4) is 0 Å². The summed E-state index contributed by atoms with van der Waals surface area (Å²) in [6.07, 6.45) is 11.0. The summed E-state index contributed by atoms with van der Waals surface area (Å²) < 4.78 is 0. The van der Waals surface area contributed by atoms with Gasteiger partial charge in [0.15, 0.2) is 0 Å². The van der Waals surface area contributed by atoms with Crippen LogP contribution in [-0.2, 0) is 0 Å². The molecule has 0 fully saturated rings. The van der Waals surface area contributed by atoms with Gasteiger partial charge in [0.1, 0.15) is 5.76 Å². The fourth-order valence-electron chi connectivity index (χ4n) is 1.39. The third kappa shape index (κ3) is 2.65. The second kappa shape index (κ2) is 4.86. The van der Waals surface area contributed by atoms with E-state index in [0.717, 1.165) is 11.1 Å². The smallest absolute Gasteiger partial charge is 0.122 e. The monoisotopic (exact) mass is 230 g/mol. The number of aliphatic hydroxyl groups is 1. The van der Waals surface area contributed by atoms with E-state index in [0.29, 0.717) is 5.02 Å². The first-order chi connectivity index (χ1) is 7.75. The standard InChI is InChI=1S/C14H11ClO/c15-13-8-5-11(6-9-13)7-10-14(16)12-3-1-2-4-12/h1-10,16H/b10-7+. The van der Waals surface area contributed by atoms with Crippen molar-refractivity contribution in [2.24, 2.45) is 0 Å². The van der Waals surface area contributed by atoms with Gasteiger partial charge in [0.25, 0.3) is 0 Å². The van der Waals surface area contributed by atoms with Crippen LogP contribution in [0.4, 0.5) is 0 Å². The average molecular weight is 231 g/mol. The third-order valence-corrected chi connectivity index (χ3v) is 2.51. The number of rotatable bonds is 2. The average Bonchev–Trinajstić information content (AvgIpc) is 2.81. The summed E-state index contributed by atoms with van der Waals surface area (Å²) in [6.45, 7) is 0. The largest absolute Gasteiger partial charge is 0.507 e. The van der Waals surface area contributed by atoms with Gasteiger partial charge in [0.2, 0.25) is 0 Å². The van der Waals surface area contributed by atoms with Crippen LogP contribution in [0.1, 0.15) is 5.56 Å². The van der Waals surface area contributed by atoms with Gasteiger partial charge in [-0.15, -0.1) is 0 Å². The molecule has 1 aromatic rings. The van der Waals surface area contributed by atoms with E-state index in [9.17, 15) is 5.11 Å². The highest BCUT2D eigenvalue weighted by molar-refractivity contribution is 6.30. The molecule has 1 nitrogen and oxygen atoms in total. The lowest BCUT2D eigenvalue weighted by atomic mass is 10.2. The molecule has 0 spiro atoms. The Kier molecular flexibility index (Phi) is 3.28. The third-order valence-electron chi connectivity index (χ3n) is 2.26. The molecular formula is C14H11ClO. The van der Waals surface area contributed by atoms with Crippen LogP contribution in [0.5, 0.6) is 0 Å². The molecule has 0 unspecified atom stereocenters. The lowest BCUT2D eigenvalue weighted by molar-refractivity contribution is 0.430. The number of benzene rings is 1. The van der Waals surface area contributed by atoms with E-state index in [1.807, 2.05) is 54.6 Å². The Hall–Kier alpha value is -1.73.